The Kier molecular flexibility index (Phi) is 6.80. The minimum Gasteiger partial charge on any atom is -0.401 e. The van der Waals surface area contributed by atoms with Crippen LogP contribution in [0.5, 0.6) is 0 Å². The first-order chi connectivity index (χ1) is 12.1. The minimum atomic E-state index is 0.347. The molecule has 2 aromatic rings. The molecule has 25 heavy (non-hydrogen) atoms. The molecule has 128 valence electrons. The van der Waals surface area contributed by atoms with Crippen LogP contribution in [0.4, 0.5) is 0 Å². The molecule has 2 rings (SSSR count). The maximum absolute atomic E-state index is 9.51. The summed E-state index contributed by atoms with van der Waals surface area (Å²) >= 11 is 5.77. The molecular weight excluding hydrogens is 330 g/mol. The van der Waals surface area contributed by atoms with Crippen LogP contribution >= 0.6 is 11.6 Å². The summed E-state index contributed by atoms with van der Waals surface area (Å²) in [6.45, 7) is 6.11. The van der Waals surface area contributed by atoms with Crippen molar-refractivity contribution in [3.05, 3.63) is 82.6 Å². The molecule has 0 atom stereocenters. The summed E-state index contributed by atoms with van der Waals surface area (Å²) in [5.74, 6) is 0.584. The highest BCUT2D eigenvalue weighted by Crippen LogP contribution is 2.19. The van der Waals surface area contributed by atoms with Crippen LogP contribution < -0.4 is 5.73 Å². The van der Waals surface area contributed by atoms with E-state index >= 15 is 0 Å². The molecule has 0 amide bonds. The van der Waals surface area contributed by atoms with Crippen LogP contribution in [0.25, 0.3) is 0 Å². The van der Waals surface area contributed by atoms with Crippen molar-refractivity contribution in [2.45, 2.75) is 19.8 Å². The van der Waals surface area contributed by atoms with E-state index < -0.39 is 0 Å². The summed E-state index contributed by atoms with van der Waals surface area (Å²) in [5, 5.41) is 9.51. The van der Waals surface area contributed by atoms with Crippen LogP contribution in [0.2, 0.25) is 0 Å². The van der Waals surface area contributed by atoms with Gasteiger partial charge in [0.25, 0.3) is 0 Å². The van der Waals surface area contributed by atoms with E-state index in [1.165, 1.54) is 0 Å². The molecule has 3 nitrogen and oxygen atoms in total. The van der Waals surface area contributed by atoms with Gasteiger partial charge in [-0.05, 0) is 37.0 Å². The van der Waals surface area contributed by atoms with Gasteiger partial charge in [0.1, 0.15) is 0 Å². The number of aliphatic imine (C=N–C) groups is 1. The summed E-state index contributed by atoms with van der Waals surface area (Å²) in [4.78, 5) is 4.65. The minimum absolute atomic E-state index is 0.347. The van der Waals surface area contributed by atoms with E-state index in [2.05, 4.69) is 17.6 Å². The van der Waals surface area contributed by atoms with Gasteiger partial charge in [-0.1, -0.05) is 43.0 Å². The third-order valence-electron chi connectivity index (χ3n) is 3.92. The molecule has 0 saturated carbocycles. The Balaban J connectivity index is 2.51. The van der Waals surface area contributed by atoms with E-state index in [-0.39, 0.29) is 0 Å². The van der Waals surface area contributed by atoms with Crippen LogP contribution in [-0.4, -0.2) is 18.1 Å². The average Bonchev–Trinajstić information content (AvgIpc) is 2.61. The van der Waals surface area contributed by atoms with Crippen molar-refractivity contribution >= 4 is 17.3 Å². The van der Waals surface area contributed by atoms with E-state index in [4.69, 9.17) is 17.3 Å². The summed E-state index contributed by atoms with van der Waals surface area (Å²) in [5.41, 5.74) is 11.8. The molecule has 0 fully saturated rings. The Hall–Kier alpha value is -2.57. The fourth-order valence-corrected chi connectivity index (χ4v) is 2.79. The zero-order chi connectivity index (χ0) is 18.2. The third-order valence-corrected chi connectivity index (χ3v) is 4.19. The third kappa shape index (κ3) is 4.95. The first-order valence-electron chi connectivity index (χ1n) is 8.20. The Morgan fingerprint density at radius 2 is 2.04 bits per heavy atom. The molecule has 0 heterocycles. The van der Waals surface area contributed by atoms with Gasteiger partial charge in [0.05, 0.1) is 23.9 Å². The maximum atomic E-state index is 9.51. The van der Waals surface area contributed by atoms with Gasteiger partial charge in [-0.3, -0.25) is 4.99 Å². The topological polar surface area (TPSA) is 62.2 Å². The van der Waals surface area contributed by atoms with Crippen LogP contribution in [0.3, 0.4) is 0 Å². The zero-order valence-electron chi connectivity index (χ0n) is 14.4. The highest BCUT2D eigenvalue weighted by atomic mass is 35.5. The van der Waals surface area contributed by atoms with E-state index in [0.29, 0.717) is 23.7 Å². The van der Waals surface area contributed by atoms with Crippen LogP contribution in [0.1, 0.15) is 34.2 Å². The fraction of sp³-hybridized carbons (Fsp3) is 0.238. The molecule has 0 aliphatic heterocycles. The number of aryl methyl sites for hydroxylation is 2. The van der Waals surface area contributed by atoms with Crippen molar-refractivity contribution in [2.75, 3.05) is 12.4 Å². The number of halogens is 1. The van der Waals surface area contributed by atoms with Gasteiger partial charge in [-0.25, -0.2) is 0 Å². The van der Waals surface area contributed by atoms with Crippen molar-refractivity contribution in [3.63, 3.8) is 0 Å². The van der Waals surface area contributed by atoms with Gasteiger partial charge in [0.15, 0.2) is 0 Å². The number of nitriles is 1. The molecular formula is C21H22ClN3. The number of rotatable bonds is 7. The number of alkyl halides is 1. The fourth-order valence-electron chi connectivity index (χ4n) is 2.65. The Labute approximate surface area is 154 Å². The van der Waals surface area contributed by atoms with Crippen molar-refractivity contribution < 1.29 is 0 Å². The molecule has 2 N–H and O–H groups in total. The number of hydrogen-bond donors (Lipinski definition) is 1. The smallest absolute Gasteiger partial charge is 0.0994 e. The molecule has 0 saturated heterocycles. The number of hydrogen-bond acceptors (Lipinski definition) is 3. The molecule has 0 aliphatic carbocycles. The molecule has 0 spiro atoms. The molecule has 0 radical (unpaired) electrons. The first kappa shape index (κ1) is 18.8. The summed E-state index contributed by atoms with van der Waals surface area (Å²) < 4.78 is 0. The zero-order valence-corrected chi connectivity index (χ0v) is 15.2. The standard InChI is InChI=1S/C21H22ClN3/c1-15-6-3-4-8-20(15)21(25-14-16(2)24)18-10-9-17(7-5-11-22)19(12-18)13-23/h3-4,6,8-10,12H,2,5,7,11,14,24H2,1H3. The van der Waals surface area contributed by atoms with Crippen molar-refractivity contribution in [1.82, 2.24) is 0 Å². The summed E-state index contributed by atoms with van der Waals surface area (Å²) in [6, 6.07) is 16.2. The first-order valence-corrected chi connectivity index (χ1v) is 8.73. The molecule has 4 heteroatoms. The number of nitrogens with zero attached hydrogens (tertiary/aromatic N) is 2. The Morgan fingerprint density at radius 1 is 1.28 bits per heavy atom. The molecule has 0 aromatic heterocycles. The quantitative estimate of drug-likeness (QED) is 0.595. The molecule has 0 unspecified atom stereocenters. The lowest BCUT2D eigenvalue weighted by Gasteiger charge is -2.12. The van der Waals surface area contributed by atoms with Crippen LogP contribution in [0.15, 0.2) is 59.7 Å². The number of benzene rings is 2. The van der Waals surface area contributed by atoms with E-state index in [0.717, 1.165) is 40.8 Å². The van der Waals surface area contributed by atoms with Gasteiger partial charge >= 0.3 is 0 Å². The van der Waals surface area contributed by atoms with Gasteiger partial charge < -0.3 is 5.73 Å². The Morgan fingerprint density at radius 3 is 2.68 bits per heavy atom. The summed E-state index contributed by atoms with van der Waals surface area (Å²) in [6.07, 6.45) is 1.64. The van der Waals surface area contributed by atoms with E-state index in [1.807, 2.05) is 49.4 Å². The van der Waals surface area contributed by atoms with E-state index in [1.54, 1.807) is 0 Å². The monoisotopic (exact) mass is 351 g/mol. The molecule has 2 aromatic carbocycles. The Bertz CT molecular complexity index is 831. The van der Waals surface area contributed by atoms with Crippen molar-refractivity contribution in [2.24, 2.45) is 10.7 Å². The second-order valence-electron chi connectivity index (χ2n) is 5.91. The average molecular weight is 352 g/mol. The summed E-state index contributed by atoms with van der Waals surface area (Å²) in [7, 11) is 0. The van der Waals surface area contributed by atoms with Gasteiger partial charge in [0.2, 0.25) is 0 Å². The van der Waals surface area contributed by atoms with Gasteiger partial charge in [0, 0.05) is 22.7 Å². The van der Waals surface area contributed by atoms with Crippen molar-refractivity contribution in [1.29, 1.82) is 5.26 Å². The predicted molar refractivity (Wildman–Crippen MR) is 105 cm³/mol. The number of nitrogens with two attached hydrogens (primary N) is 1. The largest absolute Gasteiger partial charge is 0.401 e. The maximum Gasteiger partial charge on any atom is 0.0994 e. The lowest BCUT2D eigenvalue weighted by atomic mass is 9.94. The van der Waals surface area contributed by atoms with Gasteiger partial charge in [-0.2, -0.15) is 5.26 Å². The van der Waals surface area contributed by atoms with E-state index in [9.17, 15) is 5.26 Å². The van der Waals surface area contributed by atoms with Gasteiger partial charge in [-0.15, -0.1) is 11.6 Å². The highest BCUT2D eigenvalue weighted by Gasteiger charge is 2.12. The predicted octanol–water partition coefficient (Wildman–Crippen LogP) is 4.35. The van der Waals surface area contributed by atoms with Crippen LogP contribution in [-0.2, 0) is 6.42 Å². The lowest BCUT2D eigenvalue weighted by molar-refractivity contribution is 0.925. The molecule has 0 bridgehead atoms. The SMILES string of the molecule is C=C(N)CN=C(c1ccc(CCCCl)c(C#N)c1)c1ccccc1C. The highest BCUT2D eigenvalue weighted by molar-refractivity contribution is 6.17. The normalized spacial score (nSPS) is 11.2. The van der Waals surface area contributed by atoms with Crippen LogP contribution in [0, 0.1) is 18.3 Å². The van der Waals surface area contributed by atoms with Crippen molar-refractivity contribution in [3.8, 4) is 6.07 Å². The lowest BCUT2D eigenvalue weighted by Crippen LogP contribution is -2.10. The second-order valence-corrected chi connectivity index (χ2v) is 6.29. The molecule has 0 aliphatic rings. The second kappa shape index (κ2) is 9.05.